The number of benzene rings is 1. The van der Waals surface area contributed by atoms with Gasteiger partial charge in [0.1, 0.15) is 6.04 Å². The number of hydrogen-bond acceptors (Lipinski definition) is 5. The van der Waals surface area contributed by atoms with Gasteiger partial charge in [-0.1, -0.05) is 39.8 Å². The summed E-state index contributed by atoms with van der Waals surface area (Å²) in [5, 5.41) is 0. The molecule has 29 heavy (non-hydrogen) atoms. The van der Waals surface area contributed by atoms with E-state index in [1.54, 1.807) is 43.0 Å². The molecule has 7 nitrogen and oxygen atoms in total. The molecule has 7 heteroatoms. The molecule has 0 unspecified atom stereocenters. The lowest BCUT2D eigenvalue weighted by Gasteiger charge is -2.35. The molecule has 3 atom stereocenters. The van der Waals surface area contributed by atoms with E-state index in [0.717, 1.165) is 11.3 Å². The third kappa shape index (κ3) is 4.18. The lowest BCUT2D eigenvalue weighted by Crippen LogP contribution is -2.50. The van der Waals surface area contributed by atoms with Gasteiger partial charge < -0.3 is 9.64 Å². The van der Waals surface area contributed by atoms with E-state index in [4.69, 9.17) is 4.74 Å². The van der Waals surface area contributed by atoms with E-state index in [1.807, 2.05) is 0 Å². The maximum absolute atomic E-state index is 12.8. The minimum Gasteiger partial charge on any atom is -0.454 e. The standard InChI is InChI=1S/C22H28N2O5/c1-13(2)19(24-20(26)16-7-5-6-8-17(16)21(24)27)22(28)29-12-18(25)23-10-14(3)9-15(4)11-23/h5-8,13-15,19H,9-12H2,1-4H3/t14-,15+,19-/m0/s1. The van der Waals surface area contributed by atoms with Crippen LogP contribution < -0.4 is 0 Å². The van der Waals surface area contributed by atoms with Gasteiger partial charge in [0.15, 0.2) is 6.61 Å². The first kappa shape index (κ1) is 21.0. The quantitative estimate of drug-likeness (QED) is 0.560. The van der Waals surface area contributed by atoms with Crippen molar-refractivity contribution in [2.45, 2.75) is 40.2 Å². The largest absolute Gasteiger partial charge is 0.454 e. The monoisotopic (exact) mass is 400 g/mol. The van der Waals surface area contributed by atoms with Crippen LogP contribution in [0.15, 0.2) is 24.3 Å². The molecule has 1 fully saturated rings. The summed E-state index contributed by atoms with van der Waals surface area (Å²) in [7, 11) is 0. The molecule has 2 heterocycles. The van der Waals surface area contributed by atoms with Crippen LogP contribution in [0, 0.1) is 17.8 Å². The van der Waals surface area contributed by atoms with E-state index in [0.29, 0.717) is 24.9 Å². The molecular formula is C22H28N2O5. The van der Waals surface area contributed by atoms with Gasteiger partial charge in [-0.2, -0.15) is 0 Å². The van der Waals surface area contributed by atoms with E-state index in [9.17, 15) is 19.2 Å². The van der Waals surface area contributed by atoms with Crippen LogP contribution in [-0.2, 0) is 14.3 Å². The number of rotatable bonds is 5. The lowest BCUT2D eigenvalue weighted by atomic mass is 9.92. The van der Waals surface area contributed by atoms with Gasteiger partial charge in [0.05, 0.1) is 11.1 Å². The zero-order chi connectivity index (χ0) is 21.3. The average Bonchev–Trinajstić information content (AvgIpc) is 2.91. The number of ether oxygens (including phenoxy) is 1. The second-order valence-electron chi connectivity index (χ2n) is 8.57. The smallest absolute Gasteiger partial charge is 0.330 e. The van der Waals surface area contributed by atoms with Crippen molar-refractivity contribution in [3.63, 3.8) is 0 Å². The second kappa shape index (κ2) is 8.35. The molecule has 156 valence electrons. The second-order valence-corrected chi connectivity index (χ2v) is 8.57. The lowest BCUT2D eigenvalue weighted by molar-refractivity contribution is -0.157. The first-order valence-electron chi connectivity index (χ1n) is 10.1. The van der Waals surface area contributed by atoms with Crippen molar-refractivity contribution < 1.29 is 23.9 Å². The van der Waals surface area contributed by atoms with Crippen LogP contribution in [0.25, 0.3) is 0 Å². The highest BCUT2D eigenvalue weighted by Gasteiger charge is 2.44. The van der Waals surface area contributed by atoms with Gasteiger partial charge in [-0.25, -0.2) is 4.79 Å². The fourth-order valence-electron chi connectivity index (χ4n) is 4.31. The number of amides is 3. The Bertz CT molecular complexity index is 789. The molecule has 2 aliphatic rings. The maximum Gasteiger partial charge on any atom is 0.330 e. The van der Waals surface area contributed by atoms with Gasteiger partial charge in [0.25, 0.3) is 17.7 Å². The SMILES string of the molecule is CC(C)[C@@H](C(=O)OCC(=O)N1C[C@H](C)C[C@H](C)C1)N1C(=O)c2ccccc2C1=O. The fourth-order valence-corrected chi connectivity index (χ4v) is 4.31. The Morgan fingerprint density at radius 1 is 1.03 bits per heavy atom. The molecule has 1 saturated heterocycles. The van der Waals surface area contributed by atoms with Crippen LogP contribution >= 0.6 is 0 Å². The topological polar surface area (TPSA) is 84.0 Å². The summed E-state index contributed by atoms with van der Waals surface area (Å²) in [4.78, 5) is 53.5. The van der Waals surface area contributed by atoms with E-state index in [1.165, 1.54) is 0 Å². The highest BCUT2D eigenvalue weighted by atomic mass is 16.5. The van der Waals surface area contributed by atoms with Crippen LogP contribution in [0.5, 0.6) is 0 Å². The van der Waals surface area contributed by atoms with Gasteiger partial charge in [0.2, 0.25) is 0 Å². The predicted octanol–water partition coefficient (Wildman–Crippen LogP) is 2.35. The number of likely N-dealkylation sites (tertiary alicyclic amines) is 1. The van der Waals surface area contributed by atoms with Crippen molar-refractivity contribution in [2.24, 2.45) is 17.8 Å². The average molecular weight is 400 g/mol. The molecule has 0 spiro atoms. The van der Waals surface area contributed by atoms with Crippen molar-refractivity contribution in [2.75, 3.05) is 19.7 Å². The minimum atomic E-state index is -1.07. The molecular weight excluding hydrogens is 372 g/mol. The molecule has 0 aliphatic carbocycles. The van der Waals surface area contributed by atoms with Crippen LogP contribution in [-0.4, -0.2) is 59.2 Å². The van der Waals surface area contributed by atoms with Gasteiger partial charge in [0, 0.05) is 13.1 Å². The summed E-state index contributed by atoms with van der Waals surface area (Å²) in [6.45, 7) is 8.58. The number of nitrogens with zero attached hydrogens (tertiary/aromatic N) is 2. The van der Waals surface area contributed by atoms with E-state index in [-0.39, 0.29) is 29.6 Å². The highest BCUT2D eigenvalue weighted by molar-refractivity contribution is 6.22. The van der Waals surface area contributed by atoms with Crippen molar-refractivity contribution >= 4 is 23.7 Å². The molecule has 3 rings (SSSR count). The Balaban J connectivity index is 1.69. The van der Waals surface area contributed by atoms with Crippen LogP contribution in [0.2, 0.25) is 0 Å². The number of carbonyl (C=O) groups is 4. The third-order valence-corrected chi connectivity index (χ3v) is 5.54. The number of imide groups is 1. The van der Waals surface area contributed by atoms with E-state index >= 15 is 0 Å². The summed E-state index contributed by atoms with van der Waals surface area (Å²) >= 11 is 0. The predicted molar refractivity (Wildman–Crippen MR) is 106 cm³/mol. The number of hydrogen-bond donors (Lipinski definition) is 0. The summed E-state index contributed by atoms with van der Waals surface area (Å²) in [6, 6.07) is 5.42. The van der Waals surface area contributed by atoms with Gasteiger partial charge >= 0.3 is 5.97 Å². The van der Waals surface area contributed by atoms with Crippen LogP contribution in [0.4, 0.5) is 0 Å². The summed E-state index contributed by atoms with van der Waals surface area (Å²) in [5.74, 6) is -1.55. The molecule has 2 aliphatic heterocycles. The number of carbonyl (C=O) groups excluding carboxylic acids is 4. The first-order valence-corrected chi connectivity index (χ1v) is 10.1. The Morgan fingerprint density at radius 2 is 1.55 bits per heavy atom. The zero-order valence-corrected chi connectivity index (χ0v) is 17.4. The van der Waals surface area contributed by atoms with Gasteiger partial charge in [-0.15, -0.1) is 0 Å². The number of esters is 1. The highest BCUT2D eigenvalue weighted by Crippen LogP contribution is 2.28. The summed E-state index contributed by atoms with van der Waals surface area (Å²) < 4.78 is 5.28. The van der Waals surface area contributed by atoms with Crippen LogP contribution in [0.3, 0.4) is 0 Å². The molecule has 0 saturated carbocycles. The Kier molecular flexibility index (Phi) is 6.05. The molecule has 0 aromatic heterocycles. The third-order valence-electron chi connectivity index (χ3n) is 5.54. The zero-order valence-electron chi connectivity index (χ0n) is 17.4. The van der Waals surface area contributed by atoms with Crippen LogP contribution in [0.1, 0.15) is 54.8 Å². The number of piperidine rings is 1. The van der Waals surface area contributed by atoms with Gasteiger partial charge in [-0.3, -0.25) is 19.3 Å². The minimum absolute atomic E-state index is 0.249. The van der Waals surface area contributed by atoms with Crippen molar-refractivity contribution in [1.29, 1.82) is 0 Å². The normalized spacial score (nSPS) is 22.7. The molecule has 1 aromatic rings. The fraction of sp³-hybridized carbons (Fsp3) is 0.545. The Hall–Kier alpha value is -2.70. The summed E-state index contributed by atoms with van der Waals surface area (Å²) in [6.07, 6.45) is 1.07. The van der Waals surface area contributed by atoms with Gasteiger partial charge in [-0.05, 0) is 36.3 Å². The summed E-state index contributed by atoms with van der Waals surface area (Å²) in [5.41, 5.74) is 0.562. The number of fused-ring (bicyclic) bond motifs is 1. The Morgan fingerprint density at radius 3 is 2.03 bits per heavy atom. The molecule has 0 radical (unpaired) electrons. The van der Waals surface area contributed by atoms with Crippen molar-refractivity contribution in [3.05, 3.63) is 35.4 Å². The van der Waals surface area contributed by atoms with Crippen molar-refractivity contribution in [3.8, 4) is 0 Å². The Labute approximate surface area is 171 Å². The maximum atomic E-state index is 12.8. The first-order chi connectivity index (χ1) is 13.7. The van der Waals surface area contributed by atoms with E-state index in [2.05, 4.69) is 13.8 Å². The molecule has 0 N–H and O–H groups in total. The van der Waals surface area contributed by atoms with Crippen molar-refractivity contribution in [1.82, 2.24) is 9.80 Å². The molecule has 1 aromatic carbocycles. The molecule has 3 amide bonds. The van der Waals surface area contributed by atoms with E-state index < -0.39 is 23.8 Å². The molecule has 0 bridgehead atoms.